The Morgan fingerprint density at radius 2 is 1.76 bits per heavy atom. The van der Waals surface area contributed by atoms with Gasteiger partial charge in [-0.2, -0.15) is 0 Å². The molecular weight excluding hydrogens is 444 g/mol. The fourth-order valence-corrected chi connectivity index (χ4v) is 3.73. The maximum Gasteiger partial charge on any atom is 0.247 e. The lowest BCUT2D eigenvalue weighted by molar-refractivity contribution is -0.139. The van der Waals surface area contributed by atoms with Gasteiger partial charge in [0.25, 0.3) is 0 Å². The number of ether oxygens (including phenoxy) is 2. The number of phenolic OH excluding ortho intramolecular Hbond substituents is 1. The highest BCUT2D eigenvalue weighted by molar-refractivity contribution is 6.27. The van der Waals surface area contributed by atoms with Crippen LogP contribution in [0.1, 0.15) is 43.4 Å². The van der Waals surface area contributed by atoms with E-state index < -0.39 is 6.04 Å². The summed E-state index contributed by atoms with van der Waals surface area (Å²) in [6.45, 7) is 2.89. The van der Waals surface area contributed by atoms with Gasteiger partial charge in [-0.1, -0.05) is 38.0 Å². The van der Waals surface area contributed by atoms with Crippen molar-refractivity contribution >= 4 is 23.4 Å². The number of alkyl halides is 1. The smallest absolute Gasteiger partial charge is 0.247 e. The number of methoxy groups -OCH3 is 2. The Labute approximate surface area is 200 Å². The molecule has 8 heteroatoms. The summed E-state index contributed by atoms with van der Waals surface area (Å²) < 4.78 is 10.7. The Morgan fingerprint density at radius 1 is 1.06 bits per heavy atom. The second-order valence-electron chi connectivity index (χ2n) is 7.65. The zero-order valence-electron chi connectivity index (χ0n) is 19.5. The van der Waals surface area contributed by atoms with Crippen LogP contribution in [0.4, 0.5) is 0 Å². The molecule has 1 atom stereocenters. The van der Waals surface area contributed by atoms with E-state index >= 15 is 0 Å². The lowest BCUT2D eigenvalue weighted by Crippen LogP contribution is -2.45. The quantitative estimate of drug-likeness (QED) is 0.336. The number of rotatable bonds is 13. The molecule has 2 amide bonds. The van der Waals surface area contributed by atoms with Crippen LogP contribution in [0.3, 0.4) is 0 Å². The minimum atomic E-state index is -0.862. The summed E-state index contributed by atoms with van der Waals surface area (Å²) >= 11 is 5.92. The standard InChI is InChI=1S/C25H33ClN2O5/c1-4-5-6-14-27-25(31)24(19-8-10-20(29)11-9-19)28(23(30)17-26)15-13-18-7-12-21(32-2)22(16-18)33-3/h7-12,16,24,29H,4-6,13-15,17H2,1-3H3,(H,27,31). The maximum absolute atomic E-state index is 13.2. The zero-order valence-corrected chi connectivity index (χ0v) is 20.2. The molecule has 0 spiro atoms. The Kier molecular flexibility index (Phi) is 10.8. The van der Waals surface area contributed by atoms with Gasteiger partial charge in [0, 0.05) is 13.1 Å². The highest BCUT2D eigenvalue weighted by Gasteiger charge is 2.30. The number of benzene rings is 2. The van der Waals surface area contributed by atoms with Crippen LogP contribution < -0.4 is 14.8 Å². The van der Waals surface area contributed by atoms with Crippen molar-refractivity contribution in [1.29, 1.82) is 0 Å². The van der Waals surface area contributed by atoms with Gasteiger partial charge in [-0.25, -0.2) is 0 Å². The molecule has 0 aliphatic carbocycles. The van der Waals surface area contributed by atoms with Crippen molar-refractivity contribution in [1.82, 2.24) is 10.2 Å². The molecule has 33 heavy (non-hydrogen) atoms. The number of nitrogens with zero attached hydrogens (tertiary/aromatic N) is 1. The first kappa shape index (κ1) is 26.3. The highest BCUT2D eigenvalue weighted by atomic mass is 35.5. The Hall–Kier alpha value is -2.93. The van der Waals surface area contributed by atoms with Gasteiger partial charge in [-0.15, -0.1) is 11.6 Å². The van der Waals surface area contributed by atoms with Crippen LogP contribution >= 0.6 is 11.6 Å². The molecule has 0 aromatic heterocycles. The van der Waals surface area contributed by atoms with Crippen LogP contribution in [-0.4, -0.2) is 55.0 Å². The van der Waals surface area contributed by atoms with Crippen LogP contribution in [0.25, 0.3) is 0 Å². The molecule has 0 saturated heterocycles. The van der Waals surface area contributed by atoms with Crippen molar-refractivity contribution in [2.45, 2.75) is 38.6 Å². The summed E-state index contributed by atoms with van der Waals surface area (Å²) in [6, 6.07) is 11.0. The van der Waals surface area contributed by atoms with Crippen LogP contribution in [0.15, 0.2) is 42.5 Å². The molecule has 0 aliphatic rings. The molecule has 0 heterocycles. The van der Waals surface area contributed by atoms with Crippen LogP contribution in [0.5, 0.6) is 17.2 Å². The van der Waals surface area contributed by atoms with Gasteiger partial charge < -0.3 is 24.8 Å². The van der Waals surface area contributed by atoms with E-state index in [1.165, 1.54) is 17.0 Å². The van der Waals surface area contributed by atoms with E-state index in [1.807, 2.05) is 12.1 Å². The second kappa shape index (κ2) is 13.6. The minimum absolute atomic E-state index is 0.0846. The average molecular weight is 477 g/mol. The number of amides is 2. The van der Waals surface area contributed by atoms with E-state index in [9.17, 15) is 14.7 Å². The first-order chi connectivity index (χ1) is 15.9. The lowest BCUT2D eigenvalue weighted by atomic mass is 10.0. The largest absolute Gasteiger partial charge is 0.508 e. The van der Waals surface area contributed by atoms with E-state index in [2.05, 4.69) is 12.2 Å². The maximum atomic E-state index is 13.2. The number of nitrogens with one attached hydrogen (secondary N) is 1. The van der Waals surface area contributed by atoms with Crippen molar-refractivity contribution in [3.8, 4) is 17.2 Å². The second-order valence-corrected chi connectivity index (χ2v) is 7.92. The summed E-state index contributed by atoms with van der Waals surface area (Å²) in [4.78, 5) is 27.5. The molecule has 2 N–H and O–H groups in total. The number of aromatic hydroxyl groups is 1. The molecule has 2 aromatic rings. The molecule has 0 radical (unpaired) electrons. The van der Waals surface area contributed by atoms with E-state index in [0.717, 1.165) is 24.8 Å². The van der Waals surface area contributed by atoms with Gasteiger partial charge in [0.05, 0.1) is 14.2 Å². The van der Waals surface area contributed by atoms with Crippen LogP contribution in [0, 0.1) is 0 Å². The molecule has 0 fully saturated rings. The van der Waals surface area contributed by atoms with Gasteiger partial charge in [0.2, 0.25) is 11.8 Å². The van der Waals surface area contributed by atoms with Gasteiger partial charge >= 0.3 is 0 Å². The third kappa shape index (κ3) is 7.56. The van der Waals surface area contributed by atoms with Crippen molar-refractivity contribution in [2.75, 3.05) is 33.2 Å². The molecule has 1 unspecified atom stereocenters. The number of halogens is 1. The van der Waals surface area contributed by atoms with Crippen LogP contribution in [0.2, 0.25) is 0 Å². The van der Waals surface area contributed by atoms with E-state index in [4.69, 9.17) is 21.1 Å². The lowest BCUT2D eigenvalue weighted by Gasteiger charge is -2.31. The number of hydrogen-bond donors (Lipinski definition) is 2. The molecule has 0 aliphatic heterocycles. The molecule has 2 aromatic carbocycles. The van der Waals surface area contributed by atoms with Crippen molar-refractivity contribution in [3.05, 3.63) is 53.6 Å². The summed E-state index contributed by atoms with van der Waals surface area (Å²) in [5, 5.41) is 12.6. The number of hydrogen-bond acceptors (Lipinski definition) is 5. The molecule has 2 rings (SSSR count). The summed E-state index contributed by atoms with van der Waals surface area (Å²) in [5.41, 5.74) is 1.53. The molecule has 7 nitrogen and oxygen atoms in total. The first-order valence-corrected chi connectivity index (χ1v) is 11.6. The predicted molar refractivity (Wildman–Crippen MR) is 129 cm³/mol. The van der Waals surface area contributed by atoms with Gasteiger partial charge in [-0.3, -0.25) is 9.59 Å². The summed E-state index contributed by atoms with van der Waals surface area (Å²) in [7, 11) is 3.13. The average Bonchev–Trinajstić information content (AvgIpc) is 2.84. The van der Waals surface area contributed by atoms with Crippen molar-refractivity contribution in [2.24, 2.45) is 0 Å². The SMILES string of the molecule is CCCCCNC(=O)C(c1ccc(O)cc1)N(CCc1ccc(OC)c(OC)c1)C(=O)CCl. The van der Waals surface area contributed by atoms with Crippen molar-refractivity contribution in [3.63, 3.8) is 0 Å². The molecular formula is C25H33ClN2O5. The van der Waals surface area contributed by atoms with Gasteiger partial charge in [0.15, 0.2) is 11.5 Å². The monoisotopic (exact) mass is 476 g/mol. The fraction of sp³-hybridized carbons (Fsp3) is 0.440. The number of phenols is 1. The number of carbonyl (C=O) groups is 2. The minimum Gasteiger partial charge on any atom is -0.508 e. The Balaban J connectivity index is 2.30. The molecule has 0 bridgehead atoms. The topological polar surface area (TPSA) is 88.1 Å². The van der Waals surface area contributed by atoms with E-state index in [0.29, 0.717) is 30.0 Å². The van der Waals surface area contributed by atoms with E-state index in [1.54, 1.807) is 32.4 Å². The van der Waals surface area contributed by atoms with Gasteiger partial charge in [-0.05, 0) is 48.2 Å². The zero-order chi connectivity index (χ0) is 24.2. The Bertz CT molecular complexity index is 904. The molecule has 0 saturated carbocycles. The number of unbranched alkanes of at least 4 members (excludes halogenated alkanes) is 2. The summed E-state index contributed by atoms with van der Waals surface area (Å²) in [6.07, 6.45) is 3.40. The fourth-order valence-electron chi connectivity index (χ4n) is 3.57. The highest BCUT2D eigenvalue weighted by Crippen LogP contribution is 2.29. The number of carbonyl (C=O) groups excluding carboxylic acids is 2. The van der Waals surface area contributed by atoms with Gasteiger partial charge in [0.1, 0.15) is 17.7 Å². The van der Waals surface area contributed by atoms with Crippen molar-refractivity contribution < 1.29 is 24.2 Å². The third-order valence-electron chi connectivity index (χ3n) is 5.37. The predicted octanol–water partition coefficient (Wildman–Crippen LogP) is 4.07. The van der Waals surface area contributed by atoms with Crippen LogP contribution in [-0.2, 0) is 16.0 Å². The first-order valence-electron chi connectivity index (χ1n) is 11.1. The van der Waals surface area contributed by atoms with E-state index in [-0.39, 0.29) is 30.0 Å². The Morgan fingerprint density at radius 3 is 2.36 bits per heavy atom. The molecule has 180 valence electrons. The third-order valence-corrected chi connectivity index (χ3v) is 5.60. The summed E-state index contributed by atoms with van der Waals surface area (Å²) in [5.74, 6) is 0.420. The normalized spacial score (nSPS) is 11.5.